The molecule has 0 bridgehead atoms. The Morgan fingerprint density at radius 3 is 2.70 bits per heavy atom. The zero-order valence-corrected chi connectivity index (χ0v) is 15.1. The van der Waals surface area contributed by atoms with Gasteiger partial charge in [-0.15, -0.1) is 0 Å². The van der Waals surface area contributed by atoms with Crippen molar-refractivity contribution in [2.24, 2.45) is 0 Å². The molecule has 0 spiro atoms. The van der Waals surface area contributed by atoms with Gasteiger partial charge in [-0.1, -0.05) is 37.9 Å². The van der Waals surface area contributed by atoms with Gasteiger partial charge in [-0.05, 0) is 51.3 Å². The van der Waals surface area contributed by atoms with Crippen molar-refractivity contribution in [1.29, 1.82) is 0 Å². The lowest BCUT2D eigenvalue weighted by molar-refractivity contribution is 0.354. The van der Waals surface area contributed by atoms with E-state index >= 15 is 0 Å². The number of ether oxygens (including phenoxy) is 1. The predicted molar refractivity (Wildman–Crippen MR) is 88.2 cm³/mol. The number of rotatable bonds is 2. The first-order valence-corrected chi connectivity index (χ1v) is 8.60. The highest BCUT2D eigenvalue weighted by Crippen LogP contribution is 2.42. The first-order valence-electron chi connectivity index (χ1n) is 6.10. The summed E-state index contributed by atoms with van der Waals surface area (Å²) < 4.78 is 20.9. The van der Waals surface area contributed by atoms with E-state index in [0.717, 1.165) is 27.8 Å². The summed E-state index contributed by atoms with van der Waals surface area (Å²) in [5, 5.41) is 0. The zero-order chi connectivity index (χ0) is 14.3. The van der Waals surface area contributed by atoms with Crippen LogP contribution in [0.2, 0.25) is 0 Å². The van der Waals surface area contributed by atoms with Crippen molar-refractivity contribution < 1.29 is 9.13 Å². The Labute approximate surface area is 141 Å². The van der Waals surface area contributed by atoms with Crippen LogP contribution < -0.4 is 4.74 Å². The first-order chi connectivity index (χ1) is 9.56. The first kappa shape index (κ1) is 14.5. The van der Waals surface area contributed by atoms with Crippen molar-refractivity contribution in [2.75, 3.05) is 6.61 Å². The van der Waals surface area contributed by atoms with Gasteiger partial charge in [0.25, 0.3) is 0 Å². The molecule has 1 aliphatic rings. The molecule has 1 heterocycles. The highest BCUT2D eigenvalue weighted by Gasteiger charge is 2.23. The van der Waals surface area contributed by atoms with Gasteiger partial charge in [-0.3, -0.25) is 0 Å². The maximum atomic E-state index is 13.7. The molecule has 1 nitrogen and oxygen atoms in total. The monoisotopic (exact) mass is 462 g/mol. The highest BCUT2D eigenvalue weighted by atomic mass is 79.9. The van der Waals surface area contributed by atoms with E-state index in [1.54, 1.807) is 6.07 Å². The zero-order valence-electron chi connectivity index (χ0n) is 10.3. The lowest BCUT2D eigenvalue weighted by atomic mass is 10.0. The van der Waals surface area contributed by atoms with E-state index in [0.29, 0.717) is 11.1 Å². The maximum Gasteiger partial charge on any atom is 0.137 e. The molecule has 0 saturated heterocycles. The minimum absolute atomic E-state index is 0.102. The molecular weight excluding hydrogens is 455 g/mol. The molecule has 0 fully saturated rings. The molecule has 2 aromatic carbocycles. The second kappa shape index (κ2) is 5.78. The lowest BCUT2D eigenvalue weighted by Gasteiger charge is -2.15. The van der Waals surface area contributed by atoms with Crippen molar-refractivity contribution in [2.45, 2.75) is 11.2 Å². The topological polar surface area (TPSA) is 9.23 Å². The fourth-order valence-electron chi connectivity index (χ4n) is 2.34. The van der Waals surface area contributed by atoms with Gasteiger partial charge in [0.1, 0.15) is 11.6 Å². The minimum Gasteiger partial charge on any atom is -0.493 e. The van der Waals surface area contributed by atoms with E-state index < -0.39 is 0 Å². The summed E-state index contributed by atoms with van der Waals surface area (Å²) in [6, 6.07) is 9.25. The summed E-state index contributed by atoms with van der Waals surface area (Å²) in [5.74, 6) is 0.651. The number of hydrogen-bond acceptors (Lipinski definition) is 1. The van der Waals surface area contributed by atoms with Crippen molar-refractivity contribution in [1.82, 2.24) is 0 Å². The SMILES string of the molecule is Fc1cc(C(Br)c2cc(Br)cc3c2OCC3)ccc1Br. The Bertz CT molecular complexity index is 672. The van der Waals surface area contributed by atoms with Crippen molar-refractivity contribution >= 4 is 47.8 Å². The van der Waals surface area contributed by atoms with Gasteiger partial charge in [-0.25, -0.2) is 4.39 Å². The Morgan fingerprint density at radius 2 is 1.95 bits per heavy atom. The van der Waals surface area contributed by atoms with Gasteiger partial charge >= 0.3 is 0 Å². The molecule has 0 amide bonds. The molecule has 1 aliphatic heterocycles. The fourth-order valence-corrected chi connectivity index (χ4v) is 3.73. The largest absolute Gasteiger partial charge is 0.493 e. The van der Waals surface area contributed by atoms with Crippen LogP contribution in [0.25, 0.3) is 0 Å². The van der Waals surface area contributed by atoms with Crippen molar-refractivity contribution in [3.05, 3.63) is 61.8 Å². The second-order valence-corrected chi connectivity index (χ2v) is 7.30. The number of alkyl halides is 1. The molecule has 1 unspecified atom stereocenters. The summed E-state index contributed by atoms with van der Waals surface area (Å²) in [6.07, 6.45) is 0.913. The van der Waals surface area contributed by atoms with E-state index in [-0.39, 0.29) is 10.6 Å². The molecular formula is C15H10Br3FO. The quantitative estimate of drug-likeness (QED) is 0.513. The third-order valence-corrected chi connectivity index (χ3v) is 5.41. The Hall–Kier alpha value is -0.390. The van der Waals surface area contributed by atoms with Crippen LogP contribution in [0.15, 0.2) is 39.3 Å². The number of hydrogen-bond donors (Lipinski definition) is 0. The van der Waals surface area contributed by atoms with E-state index in [4.69, 9.17) is 4.74 Å². The summed E-state index contributed by atoms with van der Waals surface area (Å²) in [6.45, 7) is 0.702. The molecule has 3 rings (SSSR count). The normalized spacial score (nSPS) is 14.8. The lowest BCUT2D eigenvalue weighted by Crippen LogP contribution is -1.98. The average molecular weight is 465 g/mol. The number of benzene rings is 2. The summed E-state index contributed by atoms with van der Waals surface area (Å²) in [7, 11) is 0. The van der Waals surface area contributed by atoms with Gasteiger partial charge in [0, 0.05) is 16.5 Å². The van der Waals surface area contributed by atoms with E-state index in [9.17, 15) is 4.39 Å². The highest BCUT2D eigenvalue weighted by molar-refractivity contribution is 9.10. The average Bonchev–Trinajstić information content (AvgIpc) is 2.88. The number of fused-ring (bicyclic) bond motifs is 1. The molecule has 104 valence electrons. The van der Waals surface area contributed by atoms with Crippen molar-refractivity contribution in [3.8, 4) is 5.75 Å². The molecule has 0 aromatic heterocycles. The van der Waals surface area contributed by atoms with Crippen LogP contribution in [0.4, 0.5) is 4.39 Å². The van der Waals surface area contributed by atoms with Crippen LogP contribution >= 0.6 is 47.8 Å². The van der Waals surface area contributed by atoms with Crippen molar-refractivity contribution in [3.63, 3.8) is 0 Å². The Morgan fingerprint density at radius 1 is 1.15 bits per heavy atom. The van der Waals surface area contributed by atoms with Gasteiger partial charge in [0.2, 0.25) is 0 Å². The summed E-state index contributed by atoms with van der Waals surface area (Å²) in [4.78, 5) is -0.102. The third kappa shape index (κ3) is 2.68. The third-order valence-electron chi connectivity index (χ3n) is 3.29. The van der Waals surface area contributed by atoms with E-state index in [2.05, 4.69) is 53.9 Å². The number of halogens is 4. The summed E-state index contributed by atoms with van der Waals surface area (Å²) in [5.41, 5.74) is 3.08. The smallest absolute Gasteiger partial charge is 0.137 e. The second-order valence-electron chi connectivity index (χ2n) is 4.62. The molecule has 0 radical (unpaired) electrons. The molecule has 2 aromatic rings. The van der Waals surface area contributed by atoms with Gasteiger partial charge in [0.15, 0.2) is 0 Å². The van der Waals surface area contributed by atoms with Crippen LogP contribution in [-0.2, 0) is 6.42 Å². The van der Waals surface area contributed by atoms with Gasteiger partial charge < -0.3 is 4.74 Å². The van der Waals surface area contributed by atoms with Gasteiger partial charge in [-0.2, -0.15) is 0 Å². The van der Waals surface area contributed by atoms with E-state index in [1.807, 2.05) is 12.1 Å². The van der Waals surface area contributed by atoms with Crippen LogP contribution in [0, 0.1) is 5.82 Å². The molecule has 5 heteroatoms. The maximum absolute atomic E-state index is 13.7. The van der Waals surface area contributed by atoms with Gasteiger partial charge in [0.05, 0.1) is 15.9 Å². The molecule has 20 heavy (non-hydrogen) atoms. The molecule has 0 N–H and O–H groups in total. The fraction of sp³-hybridized carbons (Fsp3) is 0.200. The molecule has 1 atom stereocenters. The minimum atomic E-state index is -0.264. The standard InChI is InChI=1S/C15H10Br3FO/c16-10-5-9-3-4-20-15(9)11(7-10)14(18)8-1-2-12(17)13(19)6-8/h1-2,5-7,14H,3-4H2. The summed E-state index contributed by atoms with van der Waals surface area (Å²) >= 11 is 10.4. The van der Waals surface area contributed by atoms with Crippen LogP contribution in [0.3, 0.4) is 0 Å². The predicted octanol–water partition coefficient (Wildman–Crippen LogP) is 5.77. The molecule has 0 saturated carbocycles. The molecule has 0 aliphatic carbocycles. The Kier molecular flexibility index (Phi) is 4.20. The Balaban J connectivity index is 2.06. The van der Waals surface area contributed by atoms with Crippen LogP contribution in [-0.4, -0.2) is 6.61 Å². The van der Waals surface area contributed by atoms with Crippen LogP contribution in [0.1, 0.15) is 21.5 Å². The van der Waals surface area contributed by atoms with Crippen LogP contribution in [0.5, 0.6) is 5.75 Å². The van der Waals surface area contributed by atoms with E-state index in [1.165, 1.54) is 11.6 Å².